The highest BCUT2D eigenvalue weighted by molar-refractivity contribution is 7.00. The SMILES string of the molecule is [2H]c1c([2H])c([2H])c2c(c1[2H])c1c([2H])c([2H])c([2H])c([2H])c1n2-c1ccc2c(c1)N(c1cc(-c3ccccc3)cc(-c3ccccc3)c1)c1cc(-n3c4ccc(C(C)(C)C)cc4c4cc(C(C)(C)C)ccc43)cc3c1B2c1ccc(-c2cc(C(C)(C)C)cc(C(C)(C)C)c2)cc1N3c1cc(-n2c3ccccc3c3ccccc32)ccc1C#N. The second kappa shape index (κ2) is 24.3. The minimum Gasteiger partial charge on any atom is -0.311 e. The molecule has 0 unspecified atom stereocenters. The summed E-state index contributed by atoms with van der Waals surface area (Å²) >= 11 is 0. The molecule has 19 rings (SSSR count). The normalized spacial score (nSPS) is 14.2. The average molecular weight is 1400 g/mol. The number of benzene rings is 14. The van der Waals surface area contributed by atoms with Gasteiger partial charge in [-0.1, -0.05) is 265 Å². The van der Waals surface area contributed by atoms with E-state index >= 15 is 0 Å². The number of anilines is 6. The van der Waals surface area contributed by atoms with Crippen LogP contribution in [0.1, 0.15) is 122 Å². The molecule has 2 aliphatic rings. The van der Waals surface area contributed by atoms with Crippen LogP contribution in [0.25, 0.3) is 116 Å². The predicted molar refractivity (Wildman–Crippen MR) is 459 cm³/mol. The number of hydrogen-bond acceptors (Lipinski definition) is 3. The van der Waals surface area contributed by atoms with Gasteiger partial charge in [-0.05, 0) is 209 Å². The van der Waals surface area contributed by atoms with Gasteiger partial charge in [0.25, 0.3) is 6.71 Å². The quantitative estimate of drug-likeness (QED) is 0.142. The highest BCUT2D eigenvalue weighted by Gasteiger charge is 2.45. The number of nitrogens with zero attached hydrogens (tertiary/aromatic N) is 6. The highest BCUT2D eigenvalue weighted by atomic mass is 15.2. The summed E-state index contributed by atoms with van der Waals surface area (Å²) in [5.74, 6) is 0. The zero-order valence-corrected chi connectivity index (χ0v) is 62.9. The number of nitriles is 1. The Morgan fingerprint density at radius 1 is 0.287 bits per heavy atom. The maximum absolute atomic E-state index is 12.2. The van der Waals surface area contributed by atoms with Crippen molar-refractivity contribution in [3.05, 3.63) is 325 Å². The van der Waals surface area contributed by atoms with Crippen LogP contribution in [0.15, 0.2) is 297 Å². The Bertz CT molecular complexity index is 6850. The summed E-state index contributed by atoms with van der Waals surface area (Å²) in [4.78, 5) is 4.72. The highest BCUT2D eigenvalue weighted by Crippen LogP contribution is 2.51. The smallest absolute Gasteiger partial charge is 0.252 e. The first-order chi connectivity index (χ1) is 55.4. The molecule has 0 radical (unpaired) electrons. The molecule has 0 bridgehead atoms. The van der Waals surface area contributed by atoms with Crippen LogP contribution in [0.3, 0.4) is 0 Å². The molecule has 0 aliphatic carbocycles. The van der Waals surface area contributed by atoms with E-state index in [0.717, 1.165) is 128 Å². The predicted octanol–water partition coefficient (Wildman–Crippen LogP) is 25.1. The molecule has 522 valence electrons. The largest absolute Gasteiger partial charge is 0.311 e. The summed E-state index contributed by atoms with van der Waals surface area (Å²) < 4.78 is 82.1. The maximum Gasteiger partial charge on any atom is 0.252 e. The van der Waals surface area contributed by atoms with Crippen LogP contribution in [-0.2, 0) is 21.7 Å². The van der Waals surface area contributed by atoms with Crippen LogP contribution < -0.4 is 26.2 Å². The van der Waals surface area contributed by atoms with E-state index in [0.29, 0.717) is 22.6 Å². The summed E-state index contributed by atoms with van der Waals surface area (Å²) in [6.45, 7) is 26.6. The summed E-state index contributed by atoms with van der Waals surface area (Å²) in [5, 5.41) is 16.6. The van der Waals surface area contributed by atoms with Crippen molar-refractivity contribution < 1.29 is 11.0 Å². The fourth-order valence-electron chi connectivity index (χ4n) is 17.0. The molecule has 108 heavy (non-hydrogen) atoms. The van der Waals surface area contributed by atoms with Gasteiger partial charge in [-0.2, -0.15) is 5.26 Å². The first-order valence-corrected chi connectivity index (χ1v) is 37.5. The first kappa shape index (κ1) is 57.9. The Hall–Kier alpha value is -12.4. The Labute approximate surface area is 645 Å². The molecule has 6 nitrogen and oxygen atoms in total. The zero-order chi connectivity index (χ0) is 81.0. The lowest BCUT2D eigenvalue weighted by Gasteiger charge is -2.45. The van der Waals surface area contributed by atoms with E-state index < -0.39 is 43.0 Å². The third-order valence-corrected chi connectivity index (χ3v) is 22.7. The molecule has 3 aromatic heterocycles. The van der Waals surface area contributed by atoms with Crippen LogP contribution in [0.2, 0.25) is 0 Å². The molecule has 0 amide bonds. The van der Waals surface area contributed by atoms with Crippen LogP contribution in [0, 0.1) is 11.3 Å². The van der Waals surface area contributed by atoms with Gasteiger partial charge in [-0.15, -0.1) is 0 Å². The van der Waals surface area contributed by atoms with Gasteiger partial charge in [-0.25, -0.2) is 0 Å². The van der Waals surface area contributed by atoms with E-state index in [1.165, 1.54) is 22.3 Å². The van der Waals surface area contributed by atoms with Gasteiger partial charge in [0.05, 0.1) is 61.0 Å². The van der Waals surface area contributed by atoms with Crippen molar-refractivity contribution in [2.24, 2.45) is 0 Å². The van der Waals surface area contributed by atoms with Gasteiger partial charge >= 0.3 is 0 Å². The molecule has 17 aromatic rings. The van der Waals surface area contributed by atoms with Crippen LogP contribution in [-0.4, -0.2) is 20.4 Å². The fraction of sp³-hybridized carbons (Fsp3) is 0.158. The van der Waals surface area contributed by atoms with Crippen molar-refractivity contribution in [2.75, 3.05) is 9.80 Å². The Balaban J connectivity index is 1.01. The molecular weight excluding hydrogens is 1310 g/mol. The van der Waals surface area contributed by atoms with Crippen molar-refractivity contribution in [1.29, 1.82) is 5.26 Å². The number of para-hydroxylation sites is 4. The van der Waals surface area contributed by atoms with Gasteiger partial charge in [0.1, 0.15) is 6.07 Å². The van der Waals surface area contributed by atoms with Gasteiger partial charge < -0.3 is 23.5 Å². The van der Waals surface area contributed by atoms with Crippen molar-refractivity contribution in [3.63, 3.8) is 0 Å². The first-order valence-electron chi connectivity index (χ1n) is 41.5. The van der Waals surface area contributed by atoms with Crippen molar-refractivity contribution in [1.82, 2.24) is 13.7 Å². The van der Waals surface area contributed by atoms with Gasteiger partial charge in [-0.3, -0.25) is 0 Å². The number of rotatable bonds is 8. The molecular formula is C101H85BN6. The van der Waals surface area contributed by atoms with Crippen molar-refractivity contribution in [3.8, 4) is 56.5 Å². The summed E-state index contributed by atoms with van der Waals surface area (Å²) in [7, 11) is 0. The molecule has 0 fully saturated rings. The third-order valence-electron chi connectivity index (χ3n) is 22.7. The number of hydrogen-bond donors (Lipinski definition) is 0. The van der Waals surface area contributed by atoms with Crippen LogP contribution in [0.5, 0.6) is 0 Å². The minimum atomic E-state index is -0.577. The maximum atomic E-state index is 12.2. The Morgan fingerprint density at radius 2 is 0.713 bits per heavy atom. The lowest BCUT2D eigenvalue weighted by molar-refractivity contribution is 0.569. The Kier molecular flexibility index (Phi) is 13.0. The molecule has 7 heteroatoms. The molecule has 2 aliphatic heterocycles. The van der Waals surface area contributed by atoms with E-state index in [2.05, 4.69) is 333 Å². The Morgan fingerprint density at radius 3 is 1.24 bits per heavy atom. The second-order valence-electron chi connectivity index (χ2n) is 33.6. The summed E-state index contributed by atoms with van der Waals surface area (Å²) in [6, 6.07) is 88.6. The second-order valence-corrected chi connectivity index (χ2v) is 33.6. The number of fused-ring (bicyclic) bond motifs is 13. The van der Waals surface area contributed by atoms with E-state index in [-0.39, 0.29) is 55.6 Å². The van der Waals surface area contributed by atoms with E-state index in [4.69, 9.17) is 2.74 Å². The monoisotopic (exact) mass is 1400 g/mol. The molecule has 14 aromatic carbocycles. The topological polar surface area (TPSA) is 45.1 Å². The lowest BCUT2D eigenvalue weighted by atomic mass is 9.33. The van der Waals surface area contributed by atoms with E-state index in [1.807, 2.05) is 24.3 Å². The van der Waals surface area contributed by atoms with Gasteiger partial charge in [0.2, 0.25) is 0 Å². The molecule has 0 N–H and O–H groups in total. The van der Waals surface area contributed by atoms with Crippen LogP contribution >= 0.6 is 0 Å². The summed E-state index contributed by atoms with van der Waals surface area (Å²) in [5.41, 5.74) is 23.9. The van der Waals surface area contributed by atoms with Crippen molar-refractivity contribution in [2.45, 2.75) is 105 Å². The van der Waals surface area contributed by atoms with Gasteiger partial charge in [0.15, 0.2) is 0 Å². The lowest BCUT2D eigenvalue weighted by Crippen LogP contribution is -2.61. The minimum absolute atomic E-state index is 0.00981. The van der Waals surface area contributed by atoms with Crippen LogP contribution in [0.4, 0.5) is 34.1 Å². The molecule has 0 saturated heterocycles. The third kappa shape index (κ3) is 10.7. The standard InChI is InChI=1S/C101H85BN6/c1-98(2,3)70-41-47-90-82(56-70)83-57-71(99(4,5)6)42-48-91(83)106(90)77-60-95-97-96(61-77)108(92-58-74(43-39-66(92)62-103)104-86-35-23-19-31-78(86)79-32-20-24-36-87(79)104)93-54-65(69-50-72(100(7,8)9)55-73(51-69)101(10,11)12)40-45-84(93)102(97)85-46-44-75(105-88-37-25-21-33-80(88)81-34-22-26-38-89(81)105)59-94(85)107(95)76-52-67(63-27-15-13-16-28-63)49-68(53-76)64-29-17-14-18-30-64/h13-61H,1-12H3/i21D,22D,25D,26D,33D,34D,37D,38D. The van der Waals surface area contributed by atoms with E-state index in [9.17, 15) is 13.5 Å². The fourth-order valence-corrected chi connectivity index (χ4v) is 17.0. The summed E-state index contributed by atoms with van der Waals surface area (Å²) in [6.07, 6.45) is 0. The zero-order valence-electron chi connectivity index (χ0n) is 70.9. The molecule has 0 spiro atoms. The van der Waals surface area contributed by atoms with E-state index in [1.54, 1.807) is 4.57 Å². The van der Waals surface area contributed by atoms with Gasteiger partial charge in [0, 0.05) is 72.1 Å². The number of aromatic nitrogens is 3. The van der Waals surface area contributed by atoms with Crippen molar-refractivity contribution >= 4 is 123 Å². The molecule has 5 heterocycles. The molecule has 0 saturated carbocycles. The molecule has 0 atom stereocenters. The average Bonchev–Trinajstić information content (AvgIpc) is 0.734.